The maximum atomic E-state index is 13.3. The monoisotopic (exact) mass is 410 g/mol. The molecule has 1 saturated heterocycles. The highest BCUT2D eigenvalue weighted by molar-refractivity contribution is 5.89. The van der Waals surface area contributed by atoms with Crippen LogP contribution < -0.4 is 10.1 Å². The number of hydrogen-bond donors (Lipinski definition) is 2. The molecule has 1 fully saturated rings. The molecule has 30 heavy (non-hydrogen) atoms. The minimum Gasteiger partial charge on any atom is -0.497 e. The number of carbonyl (C=O) groups is 2. The number of ether oxygens (including phenoxy) is 1. The Hall–Kier alpha value is -2.86. The summed E-state index contributed by atoms with van der Waals surface area (Å²) < 4.78 is 5.30. The molecule has 3 rings (SSSR count). The van der Waals surface area contributed by atoms with E-state index in [1.54, 1.807) is 12.0 Å². The van der Waals surface area contributed by atoms with Gasteiger partial charge in [-0.2, -0.15) is 0 Å². The van der Waals surface area contributed by atoms with Crippen molar-refractivity contribution in [2.75, 3.05) is 20.2 Å². The molecule has 2 N–H and O–H groups in total. The van der Waals surface area contributed by atoms with Gasteiger partial charge in [0.25, 0.3) is 5.91 Å². The van der Waals surface area contributed by atoms with E-state index in [1.807, 2.05) is 38.1 Å². The molecule has 0 bridgehead atoms. The van der Waals surface area contributed by atoms with Crippen molar-refractivity contribution >= 4 is 11.8 Å². The van der Waals surface area contributed by atoms with E-state index in [4.69, 9.17) is 4.74 Å². The molecule has 0 aromatic heterocycles. The van der Waals surface area contributed by atoms with Crippen LogP contribution in [0.15, 0.2) is 42.5 Å². The topological polar surface area (TPSA) is 78.9 Å². The summed E-state index contributed by atoms with van der Waals surface area (Å²) in [5, 5.41) is 12.7. The van der Waals surface area contributed by atoms with E-state index in [1.165, 1.54) is 6.92 Å². The van der Waals surface area contributed by atoms with Crippen LogP contribution in [0.2, 0.25) is 0 Å². The molecular formula is C24H30N2O4. The van der Waals surface area contributed by atoms with E-state index in [-0.39, 0.29) is 24.9 Å². The molecule has 6 nitrogen and oxygen atoms in total. The summed E-state index contributed by atoms with van der Waals surface area (Å²) in [5.41, 5.74) is 3.60. The predicted octanol–water partition coefficient (Wildman–Crippen LogP) is 2.38. The lowest BCUT2D eigenvalue weighted by atomic mass is 9.73. The maximum Gasteiger partial charge on any atom is 0.251 e. The van der Waals surface area contributed by atoms with Crippen LogP contribution in [-0.2, 0) is 22.6 Å². The Balaban J connectivity index is 1.78. The van der Waals surface area contributed by atoms with Crippen molar-refractivity contribution in [3.8, 4) is 5.75 Å². The average molecular weight is 411 g/mol. The zero-order valence-corrected chi connectivity index (χ0v) is 18.1. The van der Waals surface area contributed by atoms with Gasteiger partial charge in [-0.15, -0.1) is 0 Å². The third-order valence-electron chi connectivity index (χ3n) is 5.76. The second-order valence-corrected chi connectivity index (χ2v) is 8.29. The fourth-order valence-electron chi connectivity index (χ4n) is 3.97. The number of rotatable bonds is 7. The molecule has 1 aliphatic rings. The second kappa shape index (κ2) is 8.88. The van der Waals surface area contributed by atoms with Gasteiger partial charge in [-0.25, -0.2) is 0 Å². The number of methoxy groups -OCH3 is 1. The number of hydrogen-bond acceptors (Lipinski definition) is 4. The van der Waals surface area contributed by atoms with E-state index < -0.39 is 11.5 Å². The lowest BCUT2D eigenvalue weighted by Crippen LogP contribution is -2.66. The summed E-state index contributed by atoms with van der Waals surface area (Å²) in [6.07, 6.45) is -0.579. The highest BCUT2D eigenvalue weighted by Gasteiger charge is 2.51. The number of carbonyl (C=O) groups excluding carboxylic acids is 2. The number of amides is 2. The number of aryl methyl sites for hydroxylation is 2. The van der Waals surface area contributed by atoms with Crippen LogP contribution >= 0.6 is 0 Å². The molecule has 160 valence electrons. The minimum absolute atomic E-state index is 0.0825. The van der Waals surface area contributed by atoms with E-state index >= 15 is 0 Å². The van der Waals surface area contributed by atoms with Crippen LogP contribution in [0.3, 0.4) is 0 Å². The highest BCUT2D eigenvalue weighted by atomic mass is 16.5. The lowest BCUT2D eigenvalue weighted by molar-refractivity contribution is -0.159. The molecule has 1 atom stereocenters. The number of benzene rings is 2. The zero-order chi connectivity index (χ0) is 21.9. The molecule has 0 aliphatic carbocycles. The van der Waals surface area contributed by atoms with Crippen LogP contribution in [0, 0.1) is 19.3 Å². The molecular weight excluding hydrogens is 380 g/mol. The Bertz CT molecular complexity index is 933. The van der Waals surface area contributed by atoms with Gasteiger partial charge in [0.1, 0.15) is 11.9 Å². The smallest absolute Gasteiger partial charge is 0.251 e. The van der Waals surface area contributed by atoms with Gasteiger partial charge >= 0.3 is 0 Å². The van der Waals surface area contributed by atoms with Gasteiger partial charge in [-0.3, -0.25) is 9.59 Å². The largest absolute Gasteiger partial charge is 0.497 e. The molecule has 0 unspecified atom stereocenters. The predicted molar refractivity (Wildman–Crippen MR) is 115 cm³/mol. The highest BCUT2D eigenvalue weighted by Crippen LogP contribution is 2.36. The second-order valence-electron chi connectivity index (χ2n) is 8.29. The number of nitrogens with zero attached hydrogens (tertiary/aromatic N) is 1. The van der Waals surface area contributed by atoms with Crippen LogP contribution in [0.5, 0.6) is 5.75 Å². The van der Waals surface area contributed by atoms with E-state index in [0.717, 1.165) is 28.0 Å². The fraction of sp³-hybridized carbons (Fsp3) is 0.417. The van der Waals surface area contributed by atoms with Gasteiger partial charge in [-0.1, -0.05) is 35.9 Å². The Morgan fingerprint density at radius 3 is 2.60 bits per heavy atom. The van der Waals surface area contributed by atoms with Crippen molar-refractivity contribution in [1.29, 1.82) is 0 Å². The van der Waals surface area contributed by atoms with Crippen molar-refractivity contribution in [2.45, 2.75) is 39.8 Å². The number of aliphatic hydroxyl groups is 1. The first-order valence-corrected chi connectivity index (χ1v) is 10.2. The molecule has 0 saturated carbocycles. The van der Waals surface area contributed by atoms with Gasteiger partial charge < -0.3 is 20.1 Å². The summed E-state index contributed by atoms with van der Waals surface area (Å²) in [7, 11) is 1.61. The quantitative estimate of drug-likeness (QED) is 0.735. The number of aliphatic hydroxyl groups excluding tert-OH is 1. The summed E-state index contributed by atoms with van der Waals surface area (Å²) in [4.78, 5) is 27.0. The first-order valence-electron chi connectivity index (χ1n) is 10.2. The van der Waals surface area contributed by atoms with Crippen LogP contribution in [-0.4, -0.2) is 48.1 Å². The molecule has 1 aliphatic heterocycles. The minimum atomic E-state index is -1.07. The lowest BCUT2D eigenvalue weighted by Gasteiger charge is -2.49. The molecule has 6 heteroatoms. The summed E-state index contributed by atoms with van der Waals surface area (Å²) in [5.74, 6) is 0.300. The molecule has 2 amide bonds. The first kappa shape index (κ1) is 21.8. The third kappa shape index (κ3) is 4.65. The van der Waals surface area contributed by atoms with E-state index in [0.29, 0.717) is 13.0 Å². The van der Waals surface area contributed by atoms with Gasteiger partial charge in [0, 0.05) is 19.6 Å². The molecule has 2 aromatic rings. The van der Waals surface area contributed by atoms with Crippen molar-refractivity contribution in [3.63, 3.8) is 0 Å². The molecule has 2 aromatic carbocycles. The average Bonchev–Trinajstić information content (AvgIpc) is 2.70. The van der Waals surface area contributed by atoms with Crippen molar-refractivity contribution in [2.24, 2.45) is 5.41 Å². The van der Waals surface area contributed by atoms with E-state index in [9.17, 15) is 14.7 Å². The number of nitrogens with one attached hydrogen (secondary N) is 1. The maximum absolute atomic E-state index is 13.3. The molecule has 0 spiro atoms. The standard InChI is InChI=1S/C24H30N2O4/c1-16-8-9-17(2)20(10-16)13-25-23(29)24(14-26(15-24)22(28)18(3)27)12-19-6-5-7-21(11-19)30-4/h5-11,18,27H,12-15H2,1-4H3,(H,25,29)/t18-/m0/s1. The van der Waals surface area contributed by atoms with Gasteiger partial charge in [0.15, 0.2) is 0 Å². The molecule has 0 radical (unpaired) electrons. The van der Waals surface area contributed by atoms with Crippen molar-refractivity contribution in [3.05, 3.63) is 64.7 Å². The summed E-state index contributed by atoms with van der Waals surface area (Å²) in [6.45, 7) is 6.51. The van der Waals surface area contributed by atoms with Crippen LogP contribution in [0.25, 0.3) is 0 Å². The third-order valence-corrected chi connectivity index (χ3v) is 5.76. The van der Waals surface area contributed by atoms with Gasteiger partial charge in [0.2, 0.25) is 5.91 Å². The Labute approximate surface area is 177 Å². The van der Waals surface area contributed by atoms with Crippen molar-refractivity contribution < 1.29 is 19.4 Å². The van der Waals surface area contributed by atoms with Crippen molar-refractivity contribution in [1.82, 2.24) is 10.2 Å². The van der Waals surface area contributed by atoms with Crippen LogP contribution in [0.1, 0.15) is 29.2 Å². The Morgan fingerprint density at radius 2 is 1.93 bits per heavy atom. The van der Waals surface area contributed by atoms with Gasteiger partial charge in [0.05, 0.1) is 12.5 Å². The van der Waals surface area contributed by atoms with Crippen LogP contribution in [0.4, 0.5) is 0 Å². The number of likely N-dealkylation sites (tertiary alicyclic amines) is 1. The Kier molecular flexibility index (Phi) is 6.46. The summed E-state index contributed by atoms with van der Waals surface area (Å²) in [6, 6.07) is 13.8. The van der Waals surface area contributed by atoms with Gasteiger partial charge in [-0.05, 0) is 56.0 Å². The molecule has 1 heterocycles. The zero-order valence-electron chi connectivity index (χ0n) is 18.1. The van der Waals surface area contributed by atoms with E-state index in [2.05, 4.69) is 23.5 Å². The Morgan fingerprint density at radius 1 is 1.20 bits per heavy atom. The fourth-order valence-corrected chi connectivity index (χ4v) is 3.97. The first-order chi connectivity index (χ1) is 14.2. The SMILES string of the molecule is COc1cccc(CC2(C(=O)NCc3cc(C)ccc3C)CN(C(=O)[C@H](C)O)C2)c1. The summed E-state index contributed by atoms with van der Waals surface area (Å²) >= 11 is 0. The normalized spacial score (nSPS) is 15.8.